The number of fused-ring (bicyclic) bond motifs is 1. The van der Waals surface area contributed by atoms with Gasteiger partial charge in [-0.2, -0.15) is 13.2 Å². The second-order valence-corrected chi connectivity index (χ2v) is 11.4. The van der Waals surface area contributed by atoms with Gasteiger partial charge in [0, 0.05) is 37.8 Å². The number of ether oxygens (including phenoxy) is 1. The number of carbonyl (C=O) groups is 1. The van der Waals surface area contributed by atoms with E-state index in [-0.39, 0.29) is 5.75 Å². The number of hydrogen-bond donors (Lipinski definition) is 1. The van der Waals surface area contributed by atoms with Gasteiger partial charge in [-0.1, -0.05) is 6.07 Å². The van der Waals surface area contributed by atoms with Gasteiger partial charge >= 0.3 is 6.18 Å². The Labute approximate surface area is 229 Å². The van der Waals surface area contributed by atoms with Crippen molar-refractivity contribution in [1.82, 2.24) is 19.4 Å². The highest BCUT2D eigenvalue weighted by molar-refractivity contribution is 7.91. The number of halogens is 3. The highest BCUT2D eigenvalue weighted by Crippen LogP contribution is 2.34. The molecule has 40 heavy (non-hydrogen) atoms. The topological polar surface area (TPSA) is 106 Å². The molecule has 0 aliphatic heterocycles. The molecule has 2 aromatic heterocycles. The third-order valence-corrected chi connectivity index (χ3v) is 6.88. The van der Waals surface area contributed by atoms with E-state index in [4.69, 9.17) is 4.74 Å². The fraction of sp³-hybridized carbons (Fsp3) is 0.296. The number of benzene rings is 2. The molecule has 4 aromatic rings. The van der Waals surface area contributed by atoms with Gasteiger partial charge in [0.15, 0.2) is 15.7 Å². The van der Waals surface area contributed by atoms with Crippen LogP contribution in [0.2, 0.25) is 0 Å². The zero-order valence-electron chi connectivity index (χ0n) is 22.1. The van der Waals surface area contributed by atoms with Crippen molar-refractivity contribution in [2.45, 2.75) is 26.6 Å². The predicted molar refractivity (Wildman–Crippen MR) is 145 cm³/mol. The van der Waals surface area contributed by atoms with Crippen molar-refractivity contribution in [3.8, 4) is 11.5 Å². The Kier molecular flexibility index (Phi) is 8.33. The maximum atomic E-state index is 13.0. The number of amides is 1. The van der Waals surface area contributed by atoms with E-state index in [0.29, 0.717) is 53.5 Å². The summed E-state index contributed by atoms with van der Waals surface area (Å²) in [6.07, 6.45) is -0.208. The highest BCUT2D eigenvalue weighted by Gasteiger charge is 2.30. The molecule has 0 radical (unpaired) electrons. The number of hydrogen-bond acceptors (Lipinski definition) is 7. The number of sulfone groups is 1. The summed E-state index contributed by atoms with van der Waals surface area (Å²) in [4.78, 5) is 22.6. The third kappa shape index (κ3) is 7.08. The number of aromatic nitrogens is 3. The molecule has 0 spiro atoms. The second-order valence-electron chi connectivity index (χ2n) is 9.24. The van der Waals surface area contributed by atoms with Crippen LogP contribution in [0, 0.1) is 6.92 Å². The predicted octanol–water partition coefficient (Wildman–Crippen LogP) is 5.19. The molecule has 0 saturated heterocycles. The summed E-state index contributed by atoms with van der Waals surface area (Å²) < 4.78 is 69.8. The van der Waals surface area contributed by atoms with Crippen molar-refractivity contribution in [3.63, 3.8) is 0 Å². The molecule has 0 aliphatic carbocycles. The Morgan fingerprint density at radius 2 is 1.90 bits per heavy atom. The molecule has 4 rings (SSSR count). The third-order valence-electron chi connectivity index (χ3n) is 6.11. The van der Waals surface area contributed by atoms with E-state index < -0.39 is 33.2 Å². The first kappa shape index (κ1) is 28.9. The van der Waals surface area contributed by atoms with Crippen LogP contribution in [0.3, 0.4) is 0 Å². The van der Waals surface area contributed by atoms with Gasteiger partial charge in [-0.05, 0) is 61.9 Å². The van der Waals surface area contributed by atoms with E-state index in [9.17, 15) is 26.4 Å². The molecule has 212 valence electrons. The van der Waals surface area contributed by atoms with Crippen LogP contribution in [0.15, 0.2) is 61.1 Å². The summed E-state index contributed by atoms with van der Waals surface area (Å²) in [5.41, 5.74) is 1.92. The summed E-state index contributed by atoms with van der Waals surface area (Å²) in [5.74, 6) is -0.0224. The molecule has 9 nitrogen and oxygen atoms in total. The number of rotatable bonds is 10. The standard InChI is InChI=1S/C27H28F3N5O4S/c1-4-34(24(36)16-40(3,37)38)12-13-35-11-10-22-25(35)26(32-17-31-22)33-20-8-9-23(18(2)14-20)39-21-7-5-6-19(15-21)27(28,29)30/h5-11,14-15,17H,4,12-13,16H2,1-3H3,(H,31,32,33). The number of anilines is 2. The Hall–Kier alpha value is -4.13. The zero-order chi connectivity index (χ0) is 29.1. The molecule has 0 unspecified atom stereocenters. The summed E-state index contributed by atoms with van der Waals surface area (Å²) in [7, 11) is -3.44. The summed E-state index contributed by atoms with van der Waals surface area (Å²) in [5, 5.41) is 3.25. The van der Waals surface area contributed by atoms with Crippen LogP contribution in [0.4, 0.5) is 24.7 Å². The maximum Gasteiger partial charge on any atom is 0.416 e. The number of likely N-dealkylation sites (N-methyl/N-ethyl adjacent to an activating group) is 1. The average Bonchev–Trinajstić information content (AvgIpc) is 3.29. The monoisotopic (exact) mass is 575 g/mol. The molecule has 0 aliphatic rings. The van der Waals surface area contributed by atoms with Crippen molar-refractivity contribution < 1.29 is 31.1 Å². The van der Waals surface area contributed by atoms with Gasteiger partial charge in [0.25, 0.3) is 0 Å². The van der Waals surface area contributed by atoms with Gasteiger partial charge in [0.2, 0.25) is 5.91 Å². The Balaban J connectivity index is 1.52. The molecule has 0 bridgehead atoms. The molecule has 1 amide bonds. The molecule has 13 heteroatoms. The minimum absolute atomic E-state index is 0.0742. The summed E-state index contributed by atoms with van der Waals surface area (Å²) in [6, 6.07) is 11.7. The Bertz CT molecular complexity index is 1640. The number of nitrogens with one attached hydrogen (secondary N) is 1. The van der Waals surface area contributed by atoms with Crippen LogP contribution in [0.25, 0.3) is 11.0 Å². The lowest BCUT2D eigenvalue weighted by atomic mass is 10.2. The van der Waals surface area contributed by atoms with Crippen LogP contribution < -0.4 is 10.1 Å². The van der Waals surface area contributed by atoms with Crippen LogP contribution in [0.5, 0.6) is 11.5 Å². The van der Waals surface area contributed by atoms with E-state index in [0.717, 1.165) is 18.4 Å². The average molecular weight is 576 g/mol. The van der Waals surface area contributed by atoms with E-state index in [2.05, 4.69) is 15.3 Å². The minimum Gasteiger partial charge on any atom is -0.457 e. The first-order valence-corrected chi connectivity index (χ1v) is 14.4. The highest BCUT2D eigenvalue weighted by atomic mass is 32.2. The second kappa shape index (κ2) is 11.5. The quantitative estimate of drug-likeness (QED) is 0.278. The SMILES string of the molecule is CCN(CCn1ccc2ncnc(Nc3ccc(Oc4cccc(C(F)(F)F)c4)c(C)c3)c21)C(=O)CS(C)(=O)=O. The van der Waals surface area contributed by atoms with Crippen molar-refractivity contribution in [1.29, 1.82) is 0 Å². The van der Waals surface area contributed by atoms with E-state index >= 15 is 0 Å². The largest absolute Gasteiger partial charge is 0.457 e. The molecular formula is C27H28F3N5O4S. The fourth-order valence-electron chi connectivity index (χ4n) is 4.15. The minimum atomic E-state index is -4.47. The van der Waals surface area contributed by atoms with Crippen LogP contribution in [-0.2, 0) is 27.4 Å². The molecule has 2 aromatic carbocycles. The van der Waals surface area contributed by atoms with E-state index in [1.807, 2.05) is 16.8 Å². The fourth-order valence-corrected chi connectivity index (χ4v) is 4.79. The number of alkyl halides is 3. The smallest absolute Gasteiger partial charge is 0.416 e. The maximum absolute atomic E-state index is 13.0. The number of aryl methyl sites for hydroxylation is 1. The Morgan fingerprint density at radius 3 is 2.58 bits per heavy atom. The molecule has 0 saturated carbocycles. The first-order valence-electron chi connectivity index (χ1n) is 12.3. The van der Waals surface area contributed by atoms with Crippen LogP contribution in [0.1, 0.15) is 18.1 Å². The lowest BCUT2D eigenvalue weighted by Gasteiger charge is -2.21. The molecule has 2 heterocycles. The van der Waals surface area contributed by atoms with Crippen LogP contribution in [-0.4, -0.2) is 58.9 Å². The van der Waals surface area contributed by atoms with E-state index in [1.165, 1.54) is 23.4 Å². The summed E-state index contributed by atoms with van der Waals surface area (Å²) >= 11 is 0. The molecule has 1 N–H and O–H groups in total. The van der Waals surface area contributed by atoms with Gasteiger partial charge < -0.3 is 19.5 Å². The van der Waals surface area contributed by atoms with Gasteiger partial charge in [0.05, 0.1) is 11.1 Å². The van der Waals surface area contributed by atoms with Crippen LogP contribution >= 0.6 is 0 Å². The molecule has 0 atom stereocenters. The number of carbonyl (C=O) groups excluding carboxylic acids is 1. The Morgan fingerprint density at radius 1 is 1.12 bits per heavy atom. The van der Waals surface area contributed by atoms with Gasteiger partial charge in [-0.15, -0.1) is 0 Å². The lowest BCUT2D eigenvalue weighted by Crippen LogP contribution is -2.37. The summed E-state index contributed by atoms with van der Waals surface area (Å²) in [6.45, 7) is 4.61. The lowest BCUT2D eigenvalue weighted by molar-refractivity contribution is -0.137. The van der Waals surface area contributed by atoms with Gasteiger partial charge in [-0.3, -0.25) is 4.79 Å². The van der Waals surface area contributed by atoms with Crippen molar-refractivity contribution in [2.24, 2.45) is 0 Å². The van der Waals surface area contributed by atoms with Crippen molar-refractivity contribution in [2.75, 3.05) is 30.4 Å². The van der Waals surface area contributed by atoms with Crippen molar-refractivity contribution >= 4 is 38.3 Å². The first-order chi connectivity index (χ1) is 18.8. The zero-order valence-corrected chi connectivity index (χ0v) is 22.9. The van der Waals surface area contributed by atoms with Gasteiger partial charge in [-0.25, -0.2) is 18.4 Å². The van der Waals surface area contributed by atoms with Gasteiger partial charge in [0.1, 0.15) is 29.1 Å². The number of nitrogens with zero attached hydrogens (tertiary/aromatic N) is 4. The van der Waals surface area contributed by atoms with E-state index in [1.54, 1.807) is 32.0 Å². The molecule has 0 fully saturated rings. The molecular weight excluding hydrogens is 547 g/mol. The van der Waals surface area contributed by atoms with Crippen molar-refractivity contribution in [3.05, 3.63) is 72.2 Å². The normalized spacial score (nSPS) is 11.9.